The van der Waals surface area contributed by atoms with Gasteiger partial charge in [-0.05, 0) is 18.2 Å². The van der Waals surface area contributed by atoms with E-state index in [1.165, 1.54) is 0 Å². The average molecular weight is 248 g/mol. The molecule has 1 saturated heterocycles. The second-order valence-corrected chi connectivity index (χ2v) is 5.30. The molecular weight excluding hydrogens is 232 g/mol. The predicted molar refractivity (Wildman–Crippen MR) is 66.1 cm³/mol. The van der Waals surface area contributed by atoms with Gasteiger partial charge in [0.25, 0.3) is 5.54 Å². The van der Waals surface area contributed by atoms with Gasteiger partial charge < -0.3 is 4.74 Å². The van der Waals surface area contributed by atoms with Crippen LogP contribution in [0.4, 0.5) is 0 Å². The van der Waals surface area contributed by atoms with Gasteiger partial charge in [-0.15, -0.1) is 0 Å². The second kappa shape index (κ2) is 4.03. The van der Waals surface area contributed by atoms with Gasteiger partial charge in [-0.2, -0.15) is 0 Å². The van der Waals surface area contributed by atoms with Gasteiger partial charge in [-0.25, -0.2) is 0 Å². The Labute approximate surface area is 106 Å². The summed E-state index contributed by atoms with van der Waals surface area (Å²) in [6.45, 7) is 1.86. The summed E-state index contributed by atoms with van der Waals surface area (Å²) in [6, 6.07) is 7.92. The molecule has 1 aromatic rings. The van der Waals surface area contributed by atoms with Crippen molar-refractivity contribution in [3.05, 3.63) is 45.5 Å². The molecule has 0 amide bonds. The van der Waals surface area contributed by atoms with Gasteiger partial charge in [0.2, 0.25) is 0 Å². The van der Waals surface area contributed by atoms with E-state index in [1.807, 2.05) is 36.2 Å². The quantitative estimate of drug-likeness (QED) is 0.554. The summed E-state index contributed by atoms with van der Waals surface area (Å²) in [5, 5.41) is 11.6. The molecular formula is C13H16N2O3. The summed E-state index contributed by atoms with van der Waals surface area (Å²) >= 11 is 0. The van der Waals surface area contributed by atoms with Crippen molar-refractivity contribution in [2.24, 2.45) is 0 Å². The molecule has 0 bridgehead atoms. The summed E-state index contributed by atoms with van der Waals surface area (Å²) in [6.07, 6.45) is 0. The Balaban J connectivity index is 2.13. The van der Waals surface area contributed by atoms with Crippen LogP contribution in [0.15, 0.2) is 24.3 Å². The monoisotopic (exact) mass is 248 g/mol. The highest BCUT2D eigenvalue weighted by atomic mass is 16.6. The van der Waals surface area contributed by atoms with E-state index in [9.17, 15) is 10.1 Å². The Morgan fingerprint density at radius 3 is 3.06 bits per heavy atom. The van der Waals surface area contributed by atoms with Crippen LogP contribution in [0.25, 0.3) is 0 Å². The number of hydrogen-bond donors (Lipinski definition) is 0. The van der Waals surface area contributed by atoms with E-state index in [0.717, 1.165) is 17.7 Å². The Kier molecular flexibility index (Phi) is 2.60. The topological polar surface area (TPSA) is 55.6 Å². The maximum absolute atomic E-state index is 11.6. The Morgan fingerprint density at radius 2 is 2.28 bits per heavy atom. The summed E-state index contributed by atoms with van der Waals surface area (Å²) < 4.78 is 5.58. The van der Waals surface area contributed by atoms with Crippen molar-refractivity contribution in [2.75, 3.05) is 26.7 Å². The largest absolute Gasteiger partial charge is 0.369 e. The molecule has 3 rings (SSSR count). The predicted octanol–water partition coefficient (Wildman–Crippen LogP) is 1.26. The van der Waals surface area contributed by atoms with E-state index < -0.39 is 5.54 Å². The molecule has 0 spiro atoms. The summed E-state index contributed by atoms with van der Waals surface area (Å²) in [5.41, 5.74) is 1.18. The first-order valence-electron chi connectivity index (χ1n) is 6.12. The molecule has 18 heavy (non-hydrogen) atoms. The molecule has 0 unspecified atom stereocenters. The highest BCUT2D eigenvalue weighted by Gasteiger charge is 2.58. The van der Waals surface area contributed by atoms with Gasteiger partial charge >= 0.3 is 0 Å². The third kappa shape index (κ3) is 1.54. The fourth-order valence-electron chi connectivity index (χ4n) is 3.24. The van der Waals surface area contributed by atoms with Crippen molar-refractivity contribution in [1.29, 1.82) is 0 Å². The van der Waals surface area contributed by atoms with Crippen molar-refractivity contribution in [2.45, 2.75) is 18.1 Å². The van der Waals surface area contributed by atoms with Gasteiger partial charge in [0.1, 0.15) is 6.61 Å². The first-order valence-corrected chi connectivity index (χ1v) is 6.12. The SMILES string of the molecule is CN1C[C@H]2c3ccccc3COC[C@@]2([N+](=O)[O-])C1. The number of nitro groups is 1. The van der Waals surface area contributed by atoms with Crippen LogP contribution in [-0.2, 0) is 11.3 Å². The minimum atomic E-state index is -0.985. The highest BCUT2D eigenvalue weighted by molar-refractivity contribution is 5.35. The van der Waals surface area contributed by atoms with E-state index in [4.69, 9.17) is 4.74 Å². The first kappa shape index (κ1) is 11.6. The molecule has 0 aromatic heterocycles. The lowest BCUT2D eigenvalue weighted by atomic mass is 9.82. The molecule has 2 heterocycles. The molecule has 1 aromatic carbocycles. The summed E-state index contributed by atoms with van der Waals surface area (Å²) in [4.78, 5) is 13.5. The number of ether oxygens (including phenoxy) is 1. The van der Waals surface area contributed by atoms with Gasteiger partial charge in [-0.3, -0.25) is 15.0 Å². The maximum Gasteiger partial charge on any atom is 0.265 e. The minimum Gasteiger partial charge on any atom is -0.369 e. The van der Waals surface area contributed by atoms with Crippen molar-refractivity contribution in [1.82, 2.24) is 4.90 Å². The molecule has 0 aliphatic carbocycles. The van der Waals surface area contributed by atoms with E-state index in [1.54, 1.807) is 0 Å². The van der Waals surface area contributed by atoms with Crippen molar-refractivity contribution < 1.29 is 9.66 Å². The number of hydrogen-bond acceptors (Lipinski definition) is 4. The van der Waals surface area contributed by atoms with E-state index in [0.29, 0.717) is 13.2 Å². The van der Waals surface area contributed by atoms with E-state index in [2.05, 4.69) is 0 Å². The van der Waals surface area contributed by atoms with Crippen LogP contribution in [0.2, 0.25) is 0 Å². The van der Waals surface area contributed by atoms with Crippen LogP contribution in [0.1, 0.15) is 17.0 Å². The van der Waals surface area contributed by atoms with E-state index >= 15 is 0 Å². The molecule has 0 N–H and O–H groups in total. The molecule has 0 saturated carbocycles. The lowest BCUT2D eigenvalue weighted by Crippen LogP contribution is -2.48. The number of likely N-dealkylation sites (N-methyl/N-ethyl adjacent to an activating group) is 1. The molecule has 2 atom stereocenters. The fourth-order valence-corrected chi connectivity index (χ4v) is 3.24. The highest BCUT2D eigenvalue weighted by Crippen LogP contribution is 2.41. The van der Waals surface area contributed by atoms with Crippen molar-refractivity contribution >= 4 is 0 Å². The number of benzene rings is 1. The van der Waals surface area contributed by atoms with Crippen molar-refractivity contribution in [3.8, 4) is 0 Å². The molecule has 2 aliphatic heterocycles. The van der Waals surface area contributed by atoms with E-state index in [-0.39, 0.29) is 17.4 Å². The normalized spacial score (nSPS) is 31.5. The van der Waals surface area contributed by atoms with Crippen LogP contribution in [0, 0.1) is 10.1 Å². The van der Waals surface area contributed by atoms with Gasteiger partial charge in [-0.1, -0.05) is 24.3 Å². The van der Waals surface area contributed by atoms with Crippen LogP contribution < -0.4 is 0 Å². The number of nitrogens with zero attached hydrogens (tertiary/aromatic N) is 2. The zero-order valence-corrected chi connectivity index (χ0v) is 10.3. The van der Waals surface area contributed by atoms with Gasteiger partial charge in [0.05, 0.1) is 19.1 Å². The average Bonchev–Trinajstić information content (AvgIpc) is 2.60. The third-order valence-corrected chi connectivity index (χ3v) is 4.09. The lowest BCUT2D eigenvalue weighted by molar-refractivity contribution is -0.573. The molecule has 96 valence electrons. The number of likely N-dealkylation sites (tertiary alicyclic amines) is 1. The van der Waals surface area contributed by atoms with Gasteiger partial charge in [0, 0.05) is 11.5 Å². The molecule has 1 fully saturated rings. The zero-order valence-electron chi connectivity index (χ0n) is 10.3. The first-order chi connectivity index (χ1) is 8.63. The van der Waals surface area contributed by atoms with Crippen LogP contribution in [0.3, 0.4) is 0 Å². The number of fused-ring (bicyclic) bond motifs is 3. The molecule has 5 heteroatoms. The second-order valence-electron chi connectivity index (χ2n) is 5.30. The number of rotatable bonds is 1. The Bertz CT molecular complexity index is 491. The minimum absolute atomic E-state index is 0.0730. The maximum atomic E-state index is 11.6. The van der Waals surface area contributed by atoms with Crippen LogP contribution in [0.5, 0.6) is 0 Å². The van der Waals surface area contributed by atoms with Crippen molar-refractivity contribution in [3.63, 3.8) is 0 Å². The summed E-state index contributed by atoms with van der Waals surface area (Å²) in [7, 11) is 1.93. The lowest BCUT2D eigenvalue weighted by Gasteiger charge is -2.24. The standard InChI is InChI=1S/C13H16N2O3/c1-14-6-12-11-5-3-2-4-10(11)7-18-9-13(12,8-14)15(16)17/h2-5,12H,6-9H2,1H3/t12-,13-/m0/s1. The third-order valence-electron chi connectivity index (χ3n) is 4.09. The Hall–Kier alpha value is -1.46. The van der Waals surface area contributed by atoms with Crippen LogP contribution >= 0.6 is 0 Å². The molecule has 0 radical (unpaired) electrons. The smallest absolute Gasteiger partial charge is 0.265 e. The molecule has 5 nitrogen and oxygen atoms in total. The summed E-state index contributed by atoms with van der Waals surface area (Å²) in [5.74, 6) is -0.0730. The molecule has 2 aliphatic rings. The zero-order chi connectivity index (χ0) is 12.8. The van der Waals surface area contributed by atoms with Crippen LogP contribution in [-0.4, -0.2) is 42.1 Å². The van der Waals surface area contributed by atoms with Gasteiger partial charge in [0.15, 0.2) is 0 Å². The Morgan fingerprint density at radius 1 is 1.50 bits per heavy atom. The fraction of sp³-hybridized carbons (Fsp3) is 0.538.